The van der Waals surface area contributed by atoms with Gasteiger partial charge in [0.2, 0.25) is 0 Å². The van der Waals surface area contributed by atoms with Crippen LogP contribution in [0.15, 0.2) is 18.2 Å². The summed E-state index contributed by atoms with van der Waals surface area (Å²) in [5.41, 5.74) is 3.62. The molecular formula is C13H19N3. The Hall–Kier alpha value is -1.35. The lowest BCUT2D eigenvalue weighted by Crippen LogP contribution is -2.18. The molecule has 3 nitrogen and oxygen atoms in total. The van der Waals surface area contributed by atoms with Crippen LogP contribution in [0, 0.1) is 13.8 Å². The van der Waals surface area contributed by atoms with Gasteiger partial charge in [0.15, 0.2) is 0 Å². The van der Waals surface area contributed by atoms with Crippen molar-refractivity contribution in [1.82, 2.24) is 14.5 Å². The summed E-state index contributed by atoms with van der Waals surface area (Å²) < 4.78 is 2.29. The number of fused-ring (bicyclic) bond motifs is 1. The summed E-state index contributed by atoms with van der Waals surface area (Å²) in [5, 5.41) is 0. The Labute approximate surface area is 96.7 Å². The van der Waals surface area contributed by atoms with Gasteiger partial charge in [-0.1, -0.05) is 6.07 Å². The van der Waals surface area contributed by atoms with E-state index >= 15 is 0 Å². The van der Waals surface area contributed by atoms with Crippen molar-refractivity contribution < 1.29 is 0 Å². The number of nitrogens with zero attached hydrogens (tertiary/aromatic N) is 3. The van der Waals surface area contributed by atoms with Crippen molar-refractivity contribution in [2.24, 2.45) is 0 Å². The highest BCUT2D eigenvalue weighted by Crippen LogP contribution is 2.17. The van der Waals surface area contributed by atoms with Crippen LogP contribution < -0.4 is 0 Å². The molecule has 1 aromatic carbocycles. The van der Waals surface area contributed by atoms with Crippen LogP contribution in [-0.2, 0) is 6.54 Å². The third kappa shape index (κ3) is 2.09. The first-order valence-electron chi connectivity index (χ1n) is 5.66. The van der Waals surface area contributed by atoms with E-state index in [1.165, 1.54) is 11.1 Å². The molecule has 0 bridgehead atoms. The molecule has 2 aromatic rings. The van der Waals surface area contributed by atoms with E-state index < -0.39 is 0 Å². The lowest BCUT2D eigenvalue weighted by atomic mass is 10.2. The van der Waals surface area contributed by atoms with Gasteiger partial charge in [-0.2, -0.15) is 0 Å². The number of aryl methyl sites for hydroxylation is 2. The monoisotopic (exact) mass is 217 g/mol. The molecule has 3 heteroatoms. The van der Waals surface area contributed by atoms with Gasteiger partial charge in [-0.15, -0.1) is 0 Å². The Morgan fingerprint density at radius 3 is 2.69 bits per heavy atom. The van der Waals surface area contributed by atoms with Gasteiger partial charge in [0.05, 0.1) is 11.0 Å². The number of imidazole rings is 1. The quantitative estimate of drug-likeness (QED) is 0.786. The molecule has 0 amide bonds. The highest BCUT2D eigenvalue weighted by atomic mass is 15.1. The zero-order chi connectivity index (χ0) is 11.7. The van der Waals surface area contributed by atoms with Crippen LogP contribution in [0.1, 0.15) is 11.4 Å². The van der Waals surface area contributed by atoms with E-state index in [1.807, 2.05) is 0 Å². The number of likely N-dealkylation sites (N-methyl/N-ethyl adjacent to an activating group) is 1. The van der Waals surface area contributed by atoms with Crippen LogP contribution in [0.4, 0.5) is 0 Å². The predicted octanol–water partition coefficient (Wildman–Crippen LogP) is 2.21. The van der Waals surface area contributed by atoms with E-state index in [1.54, 1.807) is 0 Å². The molecular weight excluding hydrogens is 198 g/mol. The van der Waals surface area contributed by atoms with E-state index in [4.69, 9.17) is 0 Å². The average molecular weight is 217 g/mol. The minimum absolute atomic E-state index is 0.998. The number of benzene rings is 1. The molecule has 86 valence electrons. The van der Waals surface area contributed by atoms with Crippen LogP contribution in [0.2, 0.25) is 0 Å². The molecule has 0 saturated carbocycles. The Bertz CT molecular complexity index is 497. The second-order valence-electron chi connectivity index (χ2n) is 4.61. The first-order valence-corrected chi connectivity index (χ1v) is 5.66. The summed E-state index contributed by atoms with van der Waals surface area (Å²) >= 11 is 0. The second-order valence-corrected chi connectivity index (χ2v) is 4.61. The van der Waals surface area contributed by atoms with Gasteiger partial charge in [0, 0.05) is 13.1 Å². The maximum Gasteiger partial charge on any atom is 0.106 e. The minimum Gasteiger partial charge on any atom is -0.327 e. The molecule has 16 heavy (non-hydrogen) atoms. The molecule has 0 aliphatic heterocycles. The first-order chi connectivity index (χ1) is 7.58. The number of aromatic nitrogens is 2. The van der Waals surface area contributed by atoms with Crippen LogP contribution >= 0.6 is 0 Å². The molecule has 0 aliphatic rings. The van der Waals surface area contributed by atoms with E-state index in [9.17, 15) is 0 Å². The molecule has 0 atom stereocenters. The van der Waals surface area contributed by atoms with E-state index in [-0.39, 0.29) is 0 Å². The summed E-state index contributed by atoms with van der Waals surface area (Å²) in [6.45, 7) is 6.22. The van der Waals surface area contributed by atoms with Crippen molar-refractivity contribution in [3.8, 4) is 0 Å². The largest absolute Gasteiger partial charge is 0.327 e. The fourth-order valence-electron chi connectivity index (χ4n) is 1.94. The van der Waals surface area contributed by atoms with Crippen molar-refractivity contribution in [2.45, 2.75) is 20.4 Å². The van der Waals surface area contributed by atoms with Crippen LogP contribution in [0.25, 0.3) is 11.0 Å². The van der Waals surface area contributed by atoms with Crippen LogP contribution in [-0.4, -0.2) is 35.1 Å². The Morgan fingerprint density at radius 1 is 1.25 bits per heavy atom. The molecule has 1 aromatic heterocycles. The second kappa shape index (κ2) is 4.26. The molecule has 0 N–H and O–H groups in total. The van der Waals surface area contributed by atoms with Crippen molar-refractivity contribution in [3.63, 3.8) is 0 Å². The maximum atomic E-state index is 4.60. The molecule has 0 spiro atoms. The standard InChI is InChI=1S/C13H19N3/c1-10-5-6-13-12(9-10)14-11(2)16(13)8-7-15(3)4/h5-6,9H,7-8H2,1-4H3. The zero-order valence-electron chi connectivity index (χ0n) is 10.5. The summed E-state index contributed by atoms with van der Waals surface area (Å²) in [4.78, 5) is 6.79. The highest BCUT2D eigenvalue weighted by molar-refractivity contribution is 5.76. The van der Waals surface area contributed by atoms with Gasteiger partial charge < -0.3 is 9.47 Å². The zero-order valence-corrected chi connectivity index (χ0v) is 10.5. The van der Waals surface area contributed by atoms with Crippen LogP contribution in [0.5, 0.6) is 0 Å². The van der Waals surface area contributed by atoms with Crippen molar-refractivity contribution in [2.75, 3.05) is 20.6 Å². The van der Waals surface area contributed by atoms with Crippen molar-refractivity contribution in [1.29, 1.82) is 0 Å². The van der Waals surface area contributed by atoms with Gasteiger partial charge >= 0.3 is 0 Å². The molecule has 0 fully saturated rings. The number of hydrogen-bond donors (Lipinski definition) is 0. The Balaban J connectivity index is 2.40. The normalized spacial score (nSPS) is 11.6. The third-order valence-electron chi connectivity index (χ3n) is 2.87. The lowest BCUT2D eigenvalue weighted by molar-refractivity contribution is 0.384. The van der Waals surface area contributed by atoms with Gasteiger partial charge in [0.1, 0.15) is 5.82 Å². The predicted molar refractivity (Wildman–Crippen MR) is 67.8 cm³/mol. The summed E-state index contributed by atoms with van der Waals surface area (Å²) in [6.07, 6.45) is 0. The van der Waals surface area contributed by atoms with Gasteiger partial charge in [0.25, 0.3) is 0 Å². The fraction of sp³-hybridized carbons (Fsp3) is 0.462. The first kappa shape index (κ1) is 11.1. The Kier molecular flexibility index (Phi) is 2.97. The minimum atomic E-state index is 0.998. The maximum absolute atomic E-state index is 4.60. The smallest absolute Gasteiger partial charge is 0.106 e. The Morgan fingerprint density at radius 2 is 2.00 bits per heavy atom. The fourth-order valence-corrected chi connectivity index (χ4v) is 1.94. The topological polar surface area (TPSA) is 21.1 Å². The van der Waals surface area contributed by atoms with Gasteiger partial charge in [-0.25, -0.2) is 4.98 Å². The van der Waals surface area contributed by atoms with E-state index in [0.29, 0.717) is 0 Å². The molecule has 0 aliphatic carbocycles. The SMILES string of the molecule is Cc1ccc2c(c1)nc(C)n2CCN(C)C. The molecule has 0 saturated heterocycles. The summed E-state index contributed by atoms with van der Waals surface area (Å²) in [6, 6.07) is 6.46. The van der Waals surface area contributed by atoms with E-state index in [0.717, 1.165) is 24.4 Å². The molecule has 1 heterocycles. The van der Waals surface area contributed by atoms with Gasteiger partial charge in [-0.3, -0.25) is 0 Å². The summed E-state index contributed by atoms with van der Waals surface area (Å²) in [7, 11) is 4.19. The van der Waals surface area contributed by atoms with Gasteiger partial charge in [-0.05, 0) is 45.6 Å². The average Bonchev–Trinajstić information content (AvgIpc) is 2.50. The van der Waals surface area contributed by atoms with E-state index in [2.05, 4.69) is 60.6 Å². The third-order valence-corrected chi connectivity index (χ3v) is 2.87. The molecule has 0 radical (unpaired) electrons. The van der Waals surface area contributed by atoms with Crippen molar-refractivity contribution >= 4 is 11.0 Å². The van der Waals surface area contributed by atoms with Crippen molar-refractivity contribution in [3.05, 3.63) is 29.6 Å². The molecule has 0 unspecified atom stereocenters. The summed E-state index contributed by atoms with van der Waals surface area (Å²) in [5.74, 6) is 1.10. The number of hydrogen-bond acceptors (Lipinski definition) is 2. The lowest BCUT2D eigenvalue weighted by Gasteiger charge is -2.11. The van der Waals surface area contributed by atoms with Crippen LogP contribution in [0.3, 0.4) is 0 Å². The molecule has 2 rings (SSSR count). The number of rotatable bonds is 3. The highest BCUT2D eigenvalue weighted by Gasteiger charge is 2.06.